The number of unbranched alkanes of at least 4 members (excludes halogenated alkanes) is 1. The minimum absolute atomic E-state index is 0.137. The van der Waals surface area contributed by atoms with Gasteiger partial charge in [0.15, 0.2) is 0 Å². The molecule has 2 heterocycles. The van der Waals surface area contributed by atoms with E-state index in [1.165, 1.54) is 0 Å². The van der Waals surface area contributed by atoms with Gasteiger partial charge >= 0.3 is 0 Å². The molecule has 8 nitrogen and oxygen atoms in total. The maximum absolute atomic E-state index is 13.8. The second-order valence-corrected chi connectivity index (χ2v) is 14.4. The van der Waals surface area contributed by atoms with Crippen LogP contribution in [0.25, 0.3) is 17.2 Å². The molecule has 1 aliphatic heterocycles. The number of hydrogen-bond donors (Lipinski definition) is 1. The number of amides is 1. The molecule has 0 aliphatic carbocycles. The number of nitrogens with one attached hydrogen (secondary N) is 1. The lowest BCUT2D eigenvalue weighted by Crippen LogP contribution is -2.23. The van der Waals surface area contributed by atoms with Crippen LogP contribution >= 0.6 is 0 Å². The summed E-state index contributed by atoms with van der Waals surface area (Å²) in [5.74, 6) is 1.07. The molecular formula is C43H48N4O4S. The number of nitrogens with zero attached hydrogens (tertiary/aromatic N) is 3. The highest BCUT2D eigenvalue weighted by molar-refractivity contribution is 7.84. The van der Waals surface area contributed by atoms with Crippen LogP contribution in [0.5, 0.6) is 5.75 Å². The summed E-state index contributed by atoms with van der Waals surface area (Å²) in [7, 11) is -1.23. The molecule has 4 aromatic carbocycles. The van der Waals surface area contributed by atoms with Crippen LogP contribution in [0.15, 0.2) is 120 Å². The van der Waals surface area contributed by atoms with E-state index >= 15 is 0 Å². The predicted molar refractivity (Wildman–Crippen MR) is 211 cm³/mol. The molecule has 1 N–H and O–H groups in total. The normalized spacial score (nSPS) is 14.4. The highest BCUT2D eigenvalue weighted by Crippen LogP contribution is 2.36. The van der Waals surface area contributed by atoms with E-state index in [0.29, 0.717) is 41.5 Å². The molecule has 1 amide bonds. The second-order valence-electron chi connectivity index (χ2n) is 12.9. The van der Waals surface area contributed by atoms with Gasteiger partial charge in [0.05, 0.1) is 35.2 Å². The summed E-state index contributed by atoms with van der Waals surface area (Å²) >= 11 is 0. The van der Waals surface area contributed by atoms with E-state index in [1.807, 2.05) is 53.1 Å². The molecule has 0 fully saturated rings. The Morgan fingerprint density at radius 1 is 0.885 bits per heavy atom. The van der Waals surface area contributed by atoms with Gasteiger partial charge in [-0.3, -0.25) is 9.00 Å². The van der Waals surface area contributed by atoms with Gasteiger partial charge in [0, 0.05) is 53.4 Å². The molecule has 5 aromatic rings. The van der Waals surface area contributed by atoms with Crippen LogP contribution in [0.2, 0.25) is 0 Å². The second kappa shape index (κ2) is 18.5. The molecule has 0 saturated carbocycles. The Bertz CT molecular complexity index is 1960. The molecule has 270 valence electrons. The summed E-state index contributed by atoms with van der Waals surface area (Å²) in [5.41, 5.74) is 7.60. The first-order valence-electron chi connectivity index (χ1n) is 18.3. The van der Waals surface area contributed by atoms with E-state index in [0.717, 1.165) is 84.9 Å². The lowest BCUT2D eigenvalue weighted by molar-refractivity contribution is -0.112. The first-order valence-corrected chi connectivity index (χ1v) is 19.6. The molecule has 1 aliphatic rings. The van der Waals surface area contributed by atoms with Crippen molar-refractivity contribution in [1.29, 1.82) is 0 Å². The van der Waals surface area contributed by atoms with Crippen LogP contribution in [0.4, 0.5) is 17.1 Å². The first kappa shape index (κ1) is 36.8. The first-order chi connectivity index (χ1) is 25.5. The number of imidazole rings is 1. The van der Waals surface area contributed by atoms with E-state index in [4.69, 9.17) is 9.47 Å². The van der Waals surface area contributed by atoms with Crippen LogP contribution < -0.4 is 15.0 Å². The van der Waals surface area contributed by atoms with Crippen molar-refractivity contribution in [2.24, 2.45) is 0 Å². The summed E-state index contributed by atoms with van der Waals surface area (Å²) in [5, 5.41) is 3.10. The van der Waals surface area contributed by atoms with Gasteiger partial charge in [0.1, 0.15) is 12.4 Å². The summed E-state index contributed by atoms with van der Waals surface area (Å²) < 4.78 is 26.7. The van der Waals surface area contributed by atoms with E-state index < -0.39 is 10.8 Å². The topological polar surface area (TPSA) is 85.7 Å². The van der Waals surface area contributed by atoms with Gasteiger partial charge in [-0.25, -0.2) is 4.98 Å². The molecular weight excluding hydrogens is 669 g/mol. The van der Waals surface area contributed by atoms with Crippen molar-refractivity contribution in [1.82, 2.24) is 9.55 Å². The molecule has 0 bridgehead atoms. The van der Waals surface area contributed by atoms with E-state index in [1.54, 1.807) is 12.5 Å². The van der Waals surface area contributed by atoms with E-state index in [9.17, 15) is 9.00 Å². The minimum Gasteiger partial charge on any atom is -0.491 e. The van der Waals surface area contributed by atoms with Crippen molar-refractivity contribution in [3.8, 4) is 16.9 Å². The molecule has 0 spiro atoms. The van der Waals surface area contributed by atoms with Crippen LogP contribution in [0.1, 0.15) is 57.2 Å². The van der Waals surface area contributed by atoms with E-state index in [2.05, 4.69) is 83.6 Å². The van der Waals surface area contributed by atoms with Crippen molar-refractivity contribution in [3.63, 3.8) is 0 Å². The maximum atomic E-state index is 13.8. The monoisotopic (exact) mass is 716 g/mol. The van der Waals surface area contributed by atoms with Crippen molar-refractivity contribution in [2.75, 3.05) is 36.6 Å². The number of hydrogen-bond acceptors (Lipinski definition) is 6. The summed E-state index contributed by atoms with van der Waals surface area (Å²) in [6, 6.07) is 32.3. The molecule has 0 saturated heterocycles. The molecule has 6 rings (SSSR count). The minimum atomic E-state index is -1.23. The van der Waals surface area contributed by atoms with Gasteiger partial charge in [-0.15, -0.1) is 0 Å². The van der Waals surface area contributed by atoms with Crippen molar-refractivity contribution >= 4 is 39.8 Å². The summed E-state index contributed by atoms with van der Waals surface area (Å²) in [6.07, 6.45) is 10.2. The third-order valence-corrected chi connectivity index (χ3v) is 10.4. The van der Waals surface area contributed by atoms with Gasteiger partial charge < -0.3 is 24.3 Å². The molecule has 1 atom stereocenters. The summed E-state index contributed by atoms with van der Waals surface area (Å²) in [6.45, 7) is 7.74. The Labute approximate surface area is 310 Å². The number of rotatable bonds is 16. The zero-order valence-electron chi connectivity index (χ0n) is 30.1. The van der Waals surface area contributed by atoms with Crippen molar-refractivity contribution < 1.29 is 18.5 Å². The number of ether oxygens (including phenoxy) is 2. The lowest BCUT2D eigenvalue weighted by Gasteiger charge is -2.29. The molecule has 9 heteroatoms. The molecule has 1 aromatic heterocycles. The predicted octanol–water partition coefficient (Wildman–Crippen LogP) is 9.42. The lowest BCUT2D eigenvalue weighted by atomic mass is 9.96. The SMILES string of the molecule is CCCCOCCOc1ccc(-c2ccc3c(c2)/C=C(/C(=O)Nc2ccc(S(=O)Cc4cncn4CCC)cc2)CCCN3c2ccccc2)cc1. The molecule has 1 unspecified atom stereocenters. The average molecular weight is 717 g/mol. The zero-order chi connectivity index (χ0) is 36.1. The maximum Gasteiger partial charge on any atom is 0.251 e. The number of aryl methyl sites for hydroxylation is 1. The van der Waals surface area contributed by atoms with Gasteiger partial charge in [-0.2, -0.15) is 0 Å². The van der Waals surface area contributed by atoms with Gasteiger partial charge in [-0.05, 0) is 109 Å². The number of benzene rings is 4. The third-order valence-electron chi connectivity index (χ3n) is 9.08. The fourth-order valence-electron chi connectivity index (χ4n) is 6.30. The van der Waals surface area contributed by atoms with E-state index in [-0.39, 0.29) is 5.91 Å². The Kier molecular flexibility index (Phi) is 13.1. The van der Waals surface area contributed by atoms with Gasteiger partial charge in [0.2, 0.25) is 0 Å². The largest absolute Gasteiger partial charge is 0.491 e. The Morgan fingerprint density at radius 3 is 2.44 bits per heavy atom. The molecule has 0 radical (unpaired) electrons. The van der Waals surface area contributed by atoms with Crippen molar-refractivity contribution in [2.45, 2.75) is 63.1 Å². The number of para-hydroxylation sites is 1. The Hall–Kier alpha value is -4.99. The van der Waals surface area contributed by atoms with Crippen LogP contribution in [-0.2, 0) is 32.6 Å². The fraction of sp³-hybridized carbons (Fsp3) is 0.302. The zero-order valence-corrected chi connectivity index (χ0v) is 30.9. The Balaban J connectivity index is 1.19. The quantitative estimate of drug-likeness (QED) is 0.103. The number of carbonyl (C=O) groups excluding carboxylic acids is 1. The standard InChI is InChI=1S/C43H48N4O4S/c1-3-5-25-50-26-27-51-40-18-13-33(14-19-40)34-15-22-42-36(28-34)29-35(10-9-24-47(42)38-11-7-6-8-12-38)43(48)45-37-16-20-41(21-17-37)52(49)31-39-30-44-32-46(39)23-4-2/h6-8,11-22,28-30,32H,3-5,9-10,23-27,31H2,1-2H3,(H,45,48)/b35-29+. The van der Waals surface area contributed by atoms with Crippen LogP contribution in [-0.4, -0.2) is 46.0 Å². The average Bonchev–Trinajstić information content (AvgIpc) is 3.60. The molecule has 52 heavy (non-hydrogen) atoms. The number of fused-ring (bicyclic) bond motifs is 1. The number of anilines is 3. The Morgan fingerprint density at radius 2 is 1.67 bits per heavy atom. The van der Waals surface area contributed by atoms with Crippen LogP contribution in [0.3, 0.4) is 0 Å². The number of aromatic nitrogens is 2. The van der Waals surface area contributed by atoms with Gasteiger partial charge in [-0.1, -0.05) is 56.7 Å². The fourth-order valence-corrected chi connectivity index (χ4v) is 7.41. The van der Waals surface area contributed by atoms with Crippen molar-refractivity contribution in [3.05, 3.63) is 126 Å². The highest BCUT2D eigenvalue weighted by atomic mass is 32.2. The third kappa shape index (κ3) is 9.66. The summed E-state index contributed by atoms with van der Waals surface area (Å²) in [4.78, 5) is 21.1. The van der Waals surface area contributed by atoms with Gasteiger partial charge in [0.25, 0.3) is 5.91 Å². The smallest absolute Gasteiger partial charge is 0.251 e. The number of carbonyl (C=O) groups is 1. The highest BCUT2D eigenvalue weighted by Gasteiger charge is 2.20. The van der Waals surface area contributed by atoms with Crippen LogP contribution in [0, 0.1) is 0 Å².